The van der Waals surface area contributed by atoms with Crippen molar-refractivity contribution in [3.05, 3.63) is 88.8 Å². The van der Waals surface area contributed by atoms with E-state index >= 15 is 0 Å². The highest BCUT2D eigenvalue weighted by atomic mass is 32.1. The van der Waals surface area contributed by atoms with Crippen LogP contribution < -0.4 is 10.1 Å². The van der Waals surface area contributed by atoms with Gasteiger partial charge in [0.2, 0.25) is 0 Å². The summed E-state index contributed by atoms with van der Waals surface area (Å²) in [5, 5.41) is 5.93. The number of nitrogens with one attached hydrogen (secondary N) is 1. The molecule has 0 radical (unpaired) electrons. The van der Waals surface area contributed by atoms with Gasteiger partial charge in [-0.1, -0.05) is 48.5 Å². The molecule has 0 unspecified atom stereocenters. The highest BCUT2D eigenvalue weighted by Crippen LogP contribution is 2.29. The number of carbonyl (C=O) groups excluding carboxylic acids is 1. The van der Waals surface area contributed by atoms with Crippen LogP contribution in [0, 0.1) is 20.8 Å². The lowest BCUT2D eigenvalue weighted by Gasteiger charge is -2.12. The minimum atomic E-state index is -0.189. The van der Waals surface area contributed by atoms with Crippen molar-refractivity contribution in [2.45, 2.75) is 20.8 Å². The minimum Gasteiger partial charge on any atom is -0.483 e. The number of hydrogen-bond acceptors (Lipinski definition) is 4. The van der Waals surface area contributed by atoms with E-state index in [1.807, 2.05) is 69.3 Å². The van der Waals surface area contributed by atoms with Crippen molar-refractivity contribution >= 4 is 22.9 Å². The number of hydrogen-bond donors (Lipinski definition) is 1. The molecule has 4 aromatic rings. The number of anilines is 1. The molecule has 4 rings (SSSR count). The van der Waals surface area contributed by atoms with E-state index in [2.05, 4.69) is 28.9 Å². The van der Waals surface area contributed by atoms with Gasteiger partial charge in [0.1, 0.15) is 10.8 Å². The molecular weight excluding hydrogens is 404 g/mol. The third-order valence-electron chi connectivity index (χ3n) is 5.11. The minimum absolute atomic E-state index is 0.0298. The van der Waals surface area contributed by atoms with E-state index in [-0.39, 0.29) is 12.5 Å². The Morgan fingerprint density at radius 2 is 1.71 bits per heavy atom. The molecule has 4 nitrogen and oxygen atoms in total. The van der Waals surface area contributed by atoms with Gasteiger partial charge in [0.25, 0.3) is 5.91 Å². The van der Waals surface area contributed by atoms with Gasteiger partial charge in [-0.3, -0.25) is 4.79 Å². The van der Waals surface area contributed by atoms with Crippen LogP contribution in [0.4, 0.5) is 5.69 Å². The summed E-state index contributed by atoms with van der Waals surface area (Å²) in [6, 6.07) is 21.9. The molecule has 0 saturated carbocycles. The fourth-order valence-electron chi connectivity index (χ4n) is 3.34. The van der Waals surface area contributed by atoms with Crippen LogP contribution in [0.5, 0.6) is 5.75 Å². The van der Waals surface area contributed by atoms with Gasteiger partial charge in [0.05, 0.1) is 5.69 Å². The molecule has 31 heavy (non-hydrogen) atoms. The number of nitrogens with zero attached hydrogens (tertiary/aromatic N) is 1. The second kappa shape index (κ2) is 9.14. The van der Waals surface area contributed by atoms with Gasteiger partial charge < -0.3 is 10.1 Å². The summed E-state index contributed by atoms with van der Waals surface area (Å²) < 4.78 is 5.75. The molecule has 1 aromatic heterocycles. The van der Waals surface area contributed by atoms with E-state index in [1.165, 1.54) is 0 Å². The van der Waals surface area contributed by atoms with Crippen molar-refractivity contribution in [2.24, 2.45) is 0 Å². The van der Waals surface area contributed by atoms with Crippen LogP contribution in [0.25, 0.3) is 21.8 Å². The average molecular weight is 429 g/mol. The predicted molar refractivity (Wildman–Crippen MR) is 128 cm³/mol. The van der Waals surface area contributed by atoms with Gasteiger partial charge in [0, 0.05) is 22.2 Å². The highest BCUT2D eigenvalue weighted by molar-refractivity contribution is 7.13. The lowest BCUT2D eigenvalue weighted by molar-refractivity contribution is -0.118. The van der Waals surface area contributed by atoms with Crippen molar-refractivity contribution in [3.8, 4) is 27.6 Å². The summed E-state index contributed by atoms with van der Waals surface area (Å²) in [5.41, 5.74) is 7.11. The monoisotopic (exact) mass is 428 g/mol. The largest absolute Gasteiger partial charge is 0.483 e. The molecule has 5 heteroatoms. The number of rotatable bonds is 6. The molecule has 3 aromatic carbocycles. The smallest absolute Gasteiger partial charge is 0.262 e. The first-order chi connectivity index (χ1) is 15.0. The molecule has 0 aliphatic heterocycles. The van der Waals surface area contributed by atoms with Crippen LogP contribution in [-0.2, 0) is 4.79 Å². The van der Waals surface area contributed by atoms with Crippen molar-refractivity contribution in [3.63, 3.8) is 0 Å². The van der Waals surface area contributed by atoms with E-state index in [9.17, 15) is 4.79 Å². The average Bonchev–Trinajstić information content (AvgIpc) is 3.27. The number of ether oxygens (including phenoxy) is 1. The topological polar surface area (TPSA) is 51.2 Å². The van der Waals surface area contributed by atoms with Crippen molar-refractivity contribution in [2.75, 3.05) is 11.9 Å². The van der Waals surface area contributed by atoms with Crippen LogP contribution >= 0.6 is 11.3 Å². The maximum absolute atomic E-state index is 12.3. The van der Waals surface area contributed by atoms with Gasteiger partial charge in [0.15, 0.2) is 6.61 Å². The molecule has 0 aliphatic carbocycles. The van der Waals surface area contributed by atoms with Crippen LogP contribution in [0.2, 0.25) is 0 Å². The second-order valence-electron chi connectivity index (χ2n) is 7.52. The first-order valence-electron chi connectivity index (χ1n) is 10.1. The zero-order valence-corrected chi connectivity index (χ0v) is 18.6. The summed E-state index contributed by atoms with van der Waals surface area (Å²) >= 11 is 1.62. The molecule has 0 atom stereocenters. The molecule has 1 amide bonds. The summed E-state index contributed by atoms with van der Waals surface area (Å²) in [5.74, 6) is 0.562. The van der Waals surface area contributed by atoms with Crippen LogP contribution in [-0.4, -0.2) is 17.5 Å². The first-order valence-corrected chi connectivity index (χ1v) is 11.0. The van der Waals surface area contributed by atoms with E-state index in [0.29, 0.717) is 0 Å². The van der Waals surface area contributed by atoms with Gasteiger partial charge in [-0.25, -0.2) is 4.98 Å². The number of aromatic nitrogens is 1. The quantitative estimate of drug-likeness (QED) is 0.385. The van der Waals surface area contributed by atoms with Gasteiger partial charge in [-0.2, -0.15) is 0 Å². The number of benzene rings is 3. The van der Waals surface area contributed by atoms with Crippen molar-refractivity contribution < 1.29 is 9.53 Å². The van der Waals surface area contributed by atoms with E-state index in [1.54, 1.807) is 11.3 Å². The molecule has 0 saturated heterocycles. The van der Waals surface area contributed by atoms with Gasteiger partial charge in [-0.15, -0.1) is 11.3 Å². The number of carbonyl (C=O) groups is 1. The van der Waals surface area contributed by atoms with E-state index in [4.69, 9.17) is 9.72 Å². The molecular formula is C26H24N2O2S. The van der Waals surface area contributed by atoms with Crippen molar-refractivity contribution in [1.82, 2.24) is 4.98 Å². The standard InChI is InChI=1S/C26H24N2O2S/c1-17-13-18(2)19(3)24(14-17)30-15-25(29)27-22-11-9-20(10-12-22)23-16-31-26(28-23)21-7-5-4-6-8-21/h4-14,16H,15H2,1-3H3,(H,27,29). The normalized spacial score (nSPS) is 10.7. The molecule has 1 N–H and O–H groups in total. The van der Waals surface area contributed by atoms with Crippen LogP contribution in [0.1, 0.15) is 16.7 Å². The molecule has 0 aliphatic rings. The molecule has 1 heterocycles. The maximum atomic E-state index is 12.3. The Bertz CT molecular complexity index is 1200. The molecule has 0 spiro atoms. The lowest BCUT2D eigenvalue weighted by Crippen LogP contribution is -2.20. The number of amides is 1. The van der Waals surface area contributed by atoms with E-state index in [0.717, 1.165) is 50.0 Å². The molecule has 0 fully saturated rings. The number of aryl methyl sites for hydroxylation is 2. The van der Waals surface area contributed by atoms with Gasteiger partial charge >= 0.3 is 0 Å². The summed E-state index contributed by atoms with van der Waals surface area (Å²) in [6.45, 7) is 6.04. The Kier molecular flexibility index (Phi) is 6.14. The van der Waals surface area contributed by atoms with Crippen molar-refractivity contribution in [1.29, 1.82) is 0 Å². The second-order valence-corrected chi connectivity index (χ2v) is 8.38. The fraction of sp³-hybridized carbons (Fsp3) is 0.154. The molecule has 0 bridgehead atoms. The summed E-state index contributed by atoms with van der Waals surface area (Å²) in [6.07, 6.45) is 0. The highest BCUT2D eigenvalue weighted by Gasteiger charge is 2.09. The van der Waals surface area contributed by atoms with Crippen LogP contribution in [0.3, 0.4) is 0 Å². The maximum Gasteiger partial charge on any atom is 0.262 e. The summed E-state index contributed by atoms with van der Waals surface area (Å²) in [7, 11) is 0. The first kappa shape index (κ1) is 20.8. The zero-order valence-electron chi connectivity index (χ0n) is 17.8. The lowest BCUT2D eigenvalue weighted by atomic mass is 10.1. The van der Waals surface area contributed by atoms with E-state index < -0.39 is 0 Å². The third-order valence-corrected chi connectivity index (χ3v) is 6.00. The third kappa shape index (κ3) is 5.01. The van der Waals surface area contributed by atoms with Crippen LogP contribution in [0.15, 0.2) is 72.1 Å². The Hall–Kier alpha value is -3.44. The zero-order chi connectivity index (χ0) is 21.8. The Labute approximate surface area is 186 Å². The molecule has 156 valence electrons. The fourth-order valence-corrected chi connectivity index (χ4v) is 4.17. The SMILES string of the molecule is Cc1cc(C)c(C)c(OCC(=O)Nc2ccc(-c3csc(-c4ccccc4)n3)cc2)c1. The Morgan fingerprint density at radius 3 is 2.45 bits per heavy atom. The number of thiazole rings is 1. The summed E-state index contributed by atoms with van der Waals surface area (Å²) in [4.78, 5) is 17.1. The predicted octanol–water partition coefficient (Wildman–Crippen LogP) is 6.42. The van der Waals surface area contributed by atoms with Gasteiger partial charge in [-0.05, 0) is 55.7 Å². The Morgan fingerprint density at radius 1 is 0.968 bits per heavy atom. The Balaban J connectivity index is 1.38.